The molecule has 1 aliphatic rings. The Morgan fingerprint density at radius 3 is 2.75 bits per heavy atom. The topological polar surface area (TPSA) is 54.9 Å². The third-order valence-corrected chi connectivity index (χ3v) is 5.07. The number of aryl methyl sites for hydroxylation is 1. The number of amidine groups is 1. The first kappa shape index (κ1) is 15.2. The zero-order valence-corrected chi connectivity index (χ0v) is 15.1. The zero-order valence-electron chi connectivity index (χ0n) is 14.2. The van der Waals surface area contributed by atoms with Crippen LogP contribution in [0, 0.1) is 6.92 Å². The van der Waals surface area contributed by atoms with Crippen LogP contribution in [-0.4, -0.2) is 33.2 Å². The van der Waals surface area contributed by atoms with Gasteiger partial charge >= 0.3 is 0 Å². The van der Waals surface area contributed by atoms with Crippen LogP contribution in [0.15, 0.2) is 34.4 Å². The number of rotatable bonds is 2. The quantitative estimate of drug-likeness (QED) is 0.712. The lowest BCUT2D eigenvalue weighted by molar-refractivity contribution is 0.572. The van der Waals surface area contributed by atoms with E-state index in [0.29, 0.717) is 6.54 Å². The predicted molar refractivity (Wildman–Crippen MR) is 99.6 cm³/mol. The number of hydrogen-bond donors (Lipinski definition) is 0. The van der Waals surface area contributed by atoms with Gasteiger partial charge in [0.05, 0.1) is 33.9 Å². The zero-order chi connectivity index (χ0) is 16.9. The molecule has 4 rings (SSSR count). The molecule has 0 aliphatic carbocycles. The molecule has 0 saturated carbocycles. The first-order valence-electron chi connectivity index (χ1n) is 7.98. The van der Waals surface area contributed by atoms with Crippen molar-refractivity contribution >= 4 is 28.9 Å². The highest BCUT2D eigenvalue weighted by Gasteiger charge is 2.28. The molecular formula is C18H19N5S. The summed E-state index contributed by atoms with van der Waals surface area (Å²) < 4.78 is 1.91. The van der Waals surface area contributed by atoms with Crippen molar-refractivity contribution in [3.63, 3.8) is 0 Å². The molecule has 1 aliphatic heterocycles. The van der Waals surface area contributed by atoms with Crippen molar-refractivity contribution in [3.05, 3.63) is 40.7 Å². The molecule has 6 heteroatoms. The number of aromatic nitrogens is 3. The van der Waals surface area contributed by atoms with Crippen LogP contribution in [0.1, 0.15) is 37.0 Å². The second kappa shape index (κ2) is 5.34. The van der Waals surface area contributed by atoms with Crippen LogP contribution in [0.25, 0.3) is 16.1 Å². The monoisotopic (exact) mass is 337 g/mol. The molecule has 0 atom stereocenters. The van der Waals surface area contributed by atoms with Crippen LogP contribution in [0.5, 0.6) is 0 Å². The van der Waals surface area contributed by atoms with E-state index in [2.05, 4.69) is 41.9 Å². The number of hydrogen-bond acceptors (Lipinski definition) is 5. The number of fused-ring (bicyclic) bond motifs is 1. The maximum Gasteiger partial charge on any atom is 0.166 e. The fourth-order valence-corrected chi connectivity index (χ4v) is 4.24. The summed E-state index contributed by atoms with van der Waals surface area (Å²) in [5.74, 6) is 0.804. The second-order valence-electron chi connectivity index (χ2n) is 6.91. The molecule has 0 saturated heterocycles. The van der Waals surface area contributed by atoms with Gasteiger partial charge in [-0.2, -0.15) is 5.10 Å². The molecule has 0 unspecified atom stereocenters. The van der Waals surface area contributed by atoms with Gasteiger partial charge in [-0.1, -0.05) is 26.8 Å². The first-order valence-corrected chi connectivity index (χ1v) is 8.80. The van der Waals surface area contributed by atoms with Crippen LogP contribution in [0.3, 0.4) is 0 Å². The summed E-state index contributed by atoms with van der Waals surface area (Å²) in [4.78, 5) is 15.0. The lowest BCUT2D eigenvalue weighted by Gasteiger charge is -2.16. The minimum Gasteiger partial charge on any atom is -0.260 e. The van der Waals surface area contributed by atoms with Gasteiger partial charge in [-0.05, 0) is 19.1 Å². The molecule has 0 radical (unpaired) electrons. The van der Waals surface area contributed by atoms with E-state index >= 15 is 0 Å². The van der Waals surface area contributed by atoms with Crippen LogP contribution in [0.2, 0.25) is 0 Å². The van der Waals surface area contributed by atoms with Gasteiger partial charge in [0.1, 0.15) is 5.01 Å². The molecule has 4 heterocycles. The van der Waals surface area contributed by atoms with E-state index in [9.17, 15) is 0 Å². The Morgan fingerprint density at radius 1 is 1.21 bits per heavy atom. The molecule has 3 aromatic heterocycles. The molecule has 3 aromatic rings. The Hall–Kier alpha value is -2.34. The fourth-order valence-electron chi connectivity index (χ4n) is 2.89. The fraction of sp³-hybridized carbons (Fsp3) is 0.333. The third kappa shape index (κ3) is 2.38. The van der Waals surface area contributed by atoms with Gasteiger partial charge in [-0.3, -0.25) is 4.99 Å². The molecule has 0 amide bonds. The number of aliphatic imine (C=N–C) groups is 2. The average Bonchev–Trinajstić information content (AvgIpc) is 3.22. The van der Waals surface area contributed by atoms with Gasteiger partial charge in [0.25, 0.3) is 0 Å². The number of pyridine rings is 1. The van der Waals surface area contributed by atoms with E-state index < -0.39 is 0 Å². The van der Waals surface area contributed by atoms with Crippen molar-refractivity contribution in [3.8, 4) is 10.6 Å². The standard InChI is InChI=1S/C18H19N5S/c1-11-13(12-7-5-6-10-23(12)22-11)17-21-15(18(2,3)4)14(24-17)16-19-8-9-20-16/h5-8,10H,9H2,1-4H3. The van der Waals surface area contributed by atoms with E-state index in [4.69, 9.17) is 4.98 Å². The van der Waals surface area contributed by atoms with Crippen LogP contribution in [-0.2, 0) is 5.41 Å². The highest BCUT2D eigenvalue weighted by atomic mass is 32.1. The summed E-state index contributed by atoms with van der Waals surface area (Å²) in [5, 5.41) is 5.60. The van der Waals surface area contributed by atoms with E-state index in [-0.39, 0.29) is 5.41 Å². The molecule has 122 valence electrons. The van der Waals surface area contributed by atoms with Crippen LogP contribution >= 0.6 is 11.3 Å². The summed E-state index contributed by atoms with van der Waals surface area (Å²) in [6, 6.07) is 6.10. The Kier molecular flexibility index (Phi) is 3.38. The van der Waals surface area contributed by atoms with Gasteiger partial charge in [0, 0.05) is 17.8 Å². The minimum atomic E-state index is -0.0679. The molecule has 0 N–H and O–H groups in total. The molecular weight excluding hydrogens is 318 g/mol. The third-order valence-electron chi connectivity index (χ3n) is 4.01. The van der Waals surface area contributed by atoms with Gasteiger partial charge in [0.2, 0.25) is 0 Å². The van der Waals surface area contributed by atoms with E-state index in [1.54, 1.807) is 11.3 Å². The second-order valence-corrected chi connectivity index (χ2v) is 7.91. The normalized spacial score (nSPS) is 14.6. The Balaban J connectivity index is 1.96. The summed E-state index contributed by atoms with van der Waals surface area (Å²) in [6.07, 6.45) is 3.82. The molecule has 5 nitrogen and oxygen atoms in total. The SMILES string of the molecule is Cc1nn2ccccc2c1-c1nc(C(C)(C)C)c(C2=NCC=N2)s1. The Morgan fingerprint density at radius 2 is 2.04 bits per heavy atom. The minimum absolute atomic E-state index is 0.0679. The maximum absolute atomic E-state index is 4.99. The molecule has 0 fully saturated rings. The van der Waals surface area contributed by atoms with Gasteiger partial charge < -0.3 is 0 Å². The summed E-state index contributed by atoms with van der Waals surface area (Å²) in [5.41, 5.74) is 4.14. The smallest absolute Gasteiger partial charge is 0.166 e. The van der Waals surface area contributed by atoms with Gasteiger partial charge in [0.15, 0.2) is 5.84 Å². The van der Waals surface area contributed by atoms with Gasteiger partial charge in [-0.15, -0.1) is 11.3 Å². The largest absolute Gasteiger partial charge is 0.260 e. The summed E-state index contributed by atoms with van der Waals surface area (Å²) in [7, 11) is 0. The Bertz CT molecular complexity index is 985. The predicted octanol–water partition coefficient (Wildman–Crippen LogP) is 3.89. The Labute approximate surface area is 144 Å². The van der Waals surface area contributed by atoms with Gasteiger partial charge in [-0.25, -0.2) is 14.5 Å². The van der Waals surface area contributed by atoms with Crippen LogP contribution in [0.4, 0.5) is 0 Å². The highest BCUT2D eigenvalue weighted by Crippen LogP contribution is 2.38. The number of thiazole rings is 1. The van der Waals surface area contributed by atoms with Crippen LogP contribution < -0.4 is 0 Å². The summed E-state index contributed by atoms with van der Waals surface area (Å²) in [6.45, 7) is 9.22. The van der Waals surface area contributed by atoms with Crippen molar-refractivity contribution < 1.29 is 0 Å². The highest BCUT2D eigenvalue weighted by molar-refractivity contribution is 7.17. The van der Waals surface area contributed by atoms with Crippen molar-refractivity contribution in [2.75, 3.05) is 6.54 Å². The van der Waals surface area contributed by atoms with E-state index in [1.807, 2.05) is 36.0 Å². The average molecular weight is 337 g/mol. The van der Waals surface area contributed by atoms with Crippen molar-refractivity contribution in [1.82, 2.24) is 14.6 Å². The lowest BCUT2D eigenvalue weighted by atomic mass is 9.91. The molecule has 0 bridgehead atoms. The molecule has 0 aromatic carbocycles. The van der Waals surface area contributed by atoms with Crippen molar-refractivity contribution in [1.29, 1.82) is 0 Å². The summed E-state index contributed by atoms with van der Waals surface area (Å²) >= 11 is 1.66. The molecule has 24 heavy (non-hydrogen) atoms. The van der Waals surface area contributed by atoms with Crippen molar-refractivity contribution in [2.45, 2.75) is 33.1 Å². The first-order chi connectivity index (χ1) is 11.4. The van der Waals surface area contributed by atoms with Crippen molar-refractivity contribution in [2.24, 2.45) is 9.98 Å². The van der Waals surface area contributed by atoms with E-state index in [1.165, 1.54) is 0 Å². The van der Waals surface area contributed by atoms with E-state index in [0.717, 1.165) is 38.2 Å². The molecule has 0 spiro atoms. The lowest BCUT2D eigenvalue weighted by Crippen LogP contribution is -2.15. The number of nitrogens with zero attached hydrogens (tertiary/aromatic N) is 5. The maximum atomic E-state index is 4.99.